The zero-order valence-electron chi connectivity index (χ0n) is 10.0. The van der Waals surface area contributed by atoms with E-state index in [4.69, 9.17) is 5.71 Å². The summed E-state index contributed by atoms with van der Waals surface area (Å²) in [6.07, 6.45) is 0. The summed E-state index contributed by atoms with van der Waals surface area (Å²) < 4.78 is 21.5. The van der Waals surface area contributed by atoms with Crippen LogP contribution in [0, 0.1) is 14.9 Å². The summed E-state index contributed by atoms with van der Waals surface area (Å²) >= 11 is 0. The first kappa shape index (κ1) is 208. The van der Waals surface area contributed by atoms with Crippen LogP contribution >= 0.6 is 0 Å². The fourth-order valence-electron chi connectivity index (χ4n) is 0. The highest BCUT2D eigenvalue weighted by atomic mass is 12.0. The lowest BCUT2D eigenvalue weighted by molar-refractivity contribution is 2.50. The van der Waals surface area contributed by atoms with Crippen LogP contribution in [-0.4, -0.2) is 0 Å². The van der Waals surface area contributed by atoms with Crippen molar-refractivity contribution in [3.8, 4) is 0 Å². The van der Waals surface area contributed by atoms with Crippen molar-refractivity contribution < 1.29 is 11.4 Å². The van der Waals surface area contributed by atoms with Crippen molar-refractivity contribution in [2.75, 3.05) is 0 Å². The molecule has 0 bridgehead atoms. The number of hydrogen-bond acceptors (Lipinski definition) is 0. The predicted molar refractivity (Wildman–Crippen MR) is 95.4 cm³/mol. The molecular formula is C13H58-4. The van der Waals surface area contributed by atoms with E-state index in [1.165, 1.54) is 14.8 Å². The molecule has 0 aromatic heterocycles. The maximum absolute atomic E-state index is 5.75. The van der Waals surface area contributed by atoms with Crippen LogP contribution in [0.15, 0.2) is 0 Å². The molecule has 0 heteroatoms. The van der Waals surface area contributed by atoms with Crippen LogP contribution < -0.4 is 0 Å². The van der Waals surface area contributed by atoms with Crippen LogP contribution in [0.4, 0.5) is 0 Å². The molecule has 0 N–H and O–H groups in total. The van der Waals surface area contributed by atoms with Crippen molar-refractivity contribution in [3.05, 3.63) is 14.9 Å². The van der Waals surface area contributed by atoms with Crippen molar-refractivity contribution in [2.24, 2.45) is 0 Å². The molecule has 0 atom stereocenters. The third kappa shape index (κ3) is 0. The van der Waals surface area contributed by atoms with Gasteiger partial charge in [-0.05, 0) is 0 Å². The van der Waals surface area contributed by atoms with Gasteiger partial charge in [-0.25, -0.2) is 0 Å². The first-order valence-electron chi connectivity index (χ1n) is 3.00. The summed E-state index contributed by atoms with van der Waals surface area (Å²) in [6, 6.07) is 0. The van der Waals surface area contributed by atoms with E-state index in [2.05, 4.69) is 0 Å². The van der Waals surface area contributed by atoms with Crippen molar-refractivity contribution in [1.82, 2.24) is 0 Å². The van der Waals surface area contributed by atoms with E-state index >= 15 is 0 Å². The molecule has 0 radical (unpaired) electrons. The molecule has 0 rings (SSSR count). The molecule has 114 valence electrons. The molecule has 0 saturated carbocycles. The largest absolute Gasteiger partial charge is 1.00 e. The molecule has 0 unspecified atom stereocenters. The minimum Gasteiger partial charge on any atom is -1.00 e. The Morgan fingerprint density at radius 1 is 0.538 bits per heavy atom. The zero-order valence-corrected chi connectivity index (χ0v) is 4.00. The van der Waals surface area contributed by atoms with Gasteiger partial charge in [0.15, 0.2) is 0 Å². The van der Waals surface area contributed by atoms with Crippen LogP contribution in [0.1, 0.15) is 93.1 Å². The minimum absolute atomic E-state index is 0. The van der Waals surface area contributed by atoms with Gasteiger partial charge in [0, 0.05) is 8.56 Å². The summed E-state index contributed by atoms with van der Waals surface area (Å²) in [4.78, 5) is 0. The Morgan fingerprint density at radius 3 is 0.538 bits per heavy atom. The predicted octanol–water partition coefficient (Wildman–Crippen LogP) is 8.86. The lowest BCUT2D eigenvalue weighted by Crippen LogP contribution is 0.0803. The average Bonchev–Trinajstić information content (AvgIpc) is 1.81. The highest BCUT2D eigenvalue weighted by Gasteiger charge is -0.0675. The minimum atomic E-state index is 0. The highest BCUT2D eigenvalue weighted by molar-refractivity contribution is 3.24. The fraction of sp³-hybridized carbons (Fsp3) is 0.846. The van der Waals surface area contributed by atoms with Gasteiger partial charge in [-0.1, -0.05) is 81.6 Å². The van der Waals surface area contributed by atoms with Gasteiger partial charge >= 0.3 is 0 Å². The normalized spacial score (nSPS) is 1.69. The standard InChI is InChI=1S/11CH4.2CH3.3H2.2H/h11*1H4;2*1H3;3*1H;;/q;;;;;;;;;;;2*-1;;;;2*-1/i2*1T;;;;;;;;;;;;1+2T;4*1+2. The number of hydrogen-bond donors (Lipinski definition) is 0. The van der Waals surface area contributed by atoms with Crippen LogP contribution in [0.3, 0.4) is 0 Å². The average molecular weight is 231 g/mol. The van der Waals surface area contributed by atoms with Gasteiger partial charge in [0.1, 0.15) is 0 Å². The Hall–Kier alpha value is 0. The molecule has 13 heavy (non-hydrogen) atoms. The third-order valence-corrected chi connectivity index (χ3v) is 0. The molecule has 0 aromatic rings. The fourth-order valence-corrected chi connectivity index (χ4v) is 0. The van der Waals surface area contributed by atoms with E-state index in [0.717, 1.165) is 0 Å². The van der Waals surface area contributed by atoms with E-state index in [1.807, 2.05) is 0 Å². The zero-order chi connectivity index (χ0) is 6.00. The summed E-state index contributed by atoms with van der Waals surface area (Å²) in [7, 11) is 2.50. The highest BCUT2D eigenvalue weighted by Crippen LogP contribution is 0.154. The van der Waals surface area contributed by atoms with E-state index in [1.54, 1.807) is 0 Å². The Kier molecular flexibility index (Phi) is 0. The summed E-state index contributed by atoms with van der Waals surface area (Å²) in [5.41, 5.74) is 0. The Balaban J connectivity index is -0.000000000296. The second-order valence-corrected chi connectivity index (χ2v) is 0. The SMILES string of the molecule is C.C.C.C.C.C.C.C.C.[3H-].[3H-].[3HH].[3HH].[3H]C.[3H]C.[3H][3H].[CH3-].[CH3-]. The summed E-state index contributed by atoms with van der Waals surface area (Å²) in [5.74, 6) is 0. The molecule has 0 aliphatic carbocycles. The van der Waals surface area contributed by atoms with Gasteiger partial charge in [-0.15, -0.1) is 0 Å². The van der Waals surface area contributed by atoms with Gasteiger partial charge in [0.25, 0.3) is 0 Å². The van der Waals surface area contributed by atoms with Crippen molar-refractivity contribution >= 4 is 0 Å². The molecule has 0 saturated heterocycles. The van der Waals surface area contributed by atoms with E-state index in [9.17, 15) is 0 Å². The second-order valence-electron chi connectivity index (χ2n) is 0. The smallest absolute Gasteiger partial charge is 0.0194 e. The molecule has 0 spiro atoms. The molecule has 0 aromatic carbocycles. The van der Waals surface area contributed by atoms with Gasteiger partial charge in [0.05, 0.1) is 0 Å². The molecule has 0 aliphatic heterocycles. The summed E-state index contributed by atoms with van der Waals surface area (Å²) in [6.45, 7) is 0. The third-order valence-electron chi connectivity index (χ3n) is 0. The topological polar surface area (TPSA) is 0 Å². The van der Waals surface area contributed by atoms with E-state index in [0.29, 0.717) is 0 Å². The molecule has 0 nitrogen and oxygen atoms in total. The van der Waals surface area contributed by atoms with E-state index in [-0.39, 0.29) is 87.4 Å². The maximum atomic E-state index is 5.75. The first-order valence-corrected chi connectivity index (χ1v) is 0. The Bertz CT molecular complexity index is 20.1. The molecule has 0 fully saturated rings. The lowest BCUT2D eigenvalue weighted by Gasteiger charge is -0.359. The van der Waals surface area contributed by atoms with Gasteiger partial charge < -0.3 is 17.7 Å². The first-order chi connectivity index (χ1) is 3.00. The van der Waals surface area contributed by atoms with Crippen molar-refractivity contribution in [3.63, 3.8) is 0 Å². The summed E-state index contributed by atoms with van der Waals surface area (Å²) in [5, 5.41) is 0. The Morgan fingerprint density at radius 2 is 0.538 bits per heavy atom. The van der Waals surface area contributed by atoms with Crippen molar-refractivity contribution in [1.29, 1.82) is 0 Å². The van der Waals surface area contributed by atoms with Crippen LogP contribution in [0.25, 0.3) is 0 Å². The molecule has 0 aliphatic rings. The molecule has 0 amide bonds. The molecular weight excluding hydrogens is 156 g/mol. The number of rotatable bonds is 0. The quantitative estimate of drug-likeness (QED) is 0.365. The van der Waals surface area contributed by atoms with Gasteiger partial charge in [-0.3, -0.25) is 0 Å². The maximum Gasteiger partial charge on any atom is 0.0194 e. The van der Waals surface area contributed by atoms with Gasteiger partial charge in [-0.2, -0.15) is 0 Å². The Labute approximate surface area is 109 Å². The lowest BCUT2D eigenvalue weighted by atomic mass is 12.0. The van der Waals surface area contributed by atoms with Gasteiger partial charge in [0.2, 0.25) is 0 Å². The van der Waals surface area contributed by atoms with Crippen LogP contribution in [0.2, 0.25) is 0 Å². The second kappa shape index (κ2) is 0. The monoisotopic (exact) mass is 231 g/mol. The van der Waals surface area contributed by atoms with E-state index < -0.39 is 0 Å². The molecule has 0 heterocycles. The van der Waals surface area contributed by atoms with Crippen molar-refractivity contribution in [2.45, 2.75) is 81.6 Å². The van der Waals surface area contributed by atoms with Crippen LogP contribution in [-0.2, 0) is 0 Å². The van der Waals surface area contributed by atoms with Crippen LogP contribution in [0.5, 0.6) is 0 Å².